The number of urea groups is 1. The molecule has 0 bridgehead atoms. The van der Waals surface area contributed by atoms with Crippen LogP contribution in [0.4, 0.5) is 4.79 Å². The Morgan fingerprint density at radius 2 is 2.55 bits per heavy atom. The molecule has 2 aliphatic heterocycles. The molecule has 0 saturated carbocycles. The van der Waals surface area contributed by atoms with E-state index >= 15 is 0 Å². The maximum atomic E-state index is 11.2. The van der Waals surface area contributed by atoms with Crippen LogP contribution in [0.15, 0.2) is 0 Å². The van der Waals surface area contributed by atoms with Crippen molar-refractivity contribution in [3.05, 3.63) is 0 Å². The summed E-state index contributed by atoms with van der Waals surface area (Å²) in [4.78, 5) is 13.1. The quantitative estimate of drug-likeness (QED) is 0.625. The van der Waals surface area contributed by atoms with Gasteiger partial charge in [-0.3, -0.25) is 0 Å². The highest BCUT2D eigenvalue weighted by Gasteiger charge is 2.29. The van der Waals surface area contributed by atoms with Crippen LogP contribution < -0.4 is 5.32 Å². The molecule has 2 aliphatic rings. The highest BCUT2D eigenvalue weighted by atomic mass is 32.2. The van der Waals surface area contributed by atoms with Crippen molar-refractivity contribution >= 4 is 17.8 Å². The topological polar surface area (TPSA) is 32.3 Å². The van der Waals surface area contributed by atoms with Gasteiger partial charge in [-0.05, 0) is 12.2 Å². The van der Waals surface area contributed by atoms with E-state index in [0.29, 0.717) is 6.04 Å². The van der Waals surface area contributed by atoms with Crippen molar-refractivity contribution in [2.75, 3.05) is 24.6 Å². The lowest BCUT2D eigenvalue weighted by atomic mass is 10.2. The number of nitrogens with one attached hydrogen (secondary N) is 1. The van der Waals surface area contributed by atoms with Crippen LogP contribution >= 0.6 is 11.8 Å². The largest absolute Gasteiger partial charge is 0.336 e. The minimum atomic E-state index is 0.137. The van der Waals surface area contributed by atoms with Gasteiger partial charge in [0.1, 0.15) is 0 Å². The van der Waals surface area contributed by atoms with Gasteiger partial charge in [0.05, 0.1) is 0 Å². The normalized spacial score (nSPS) is 31.1. The third-order valence-corrected chi connectivity index (χ3v) is 3.38. The molecule has 1 atom stereocenters. The van der Waals surface area contributed by atoms with Crippen LogP contribution in [0.1, 0.15) is 6.42 Å². The summed E-state index contributed by atoms with van der Waals surface area (Å²) >= 11 is 1.95. The van der Waals surface area contributed by atoms with Gasteiger partial charge < -0.3 is 10.2 Å². The Kier molecular flexibility index (Phi) is 1.94. The Labute approximate surface area is 70.5 Å². The zero-order chi connectivity index (χ0) is 7.68. The number of hydrogen-bond acceptors (Lipinski definition) is 2. The van der Waals surface area contributed by atoms with Crippen LogP contribution in [0.3, 0.4) is 0 Å². The zero-order valence-corrected chi connectivity index (χ0v) is 7.19. The molecule has 1 N–H and O–H groups in total. The predicted molar refractivity (Wildman–Crippen MR) is 45.8 cm³/mol. The van der Waals surface area contributed by atoms with Gasteiger partial charge in [-0.25, -0.2) is 4.79 Å². The lowest BCUT2D eigenvalue weighted by Crippen LogP contribution is -2.37. The Bertz CT molecular complexity index is 168. The van der Waals surface area contributed by atoms with Gasteiger partial charge in [0, 0.05) is 24.9 Å². The molecule has 2 fully saturated rings. The molecule has 1 unspecified atom stereocenters. The van der Waals surface area contributed by atoms with E-state index in [0.717, 1.165) is 18.8 Å². The maximum Gasteiger partial charge on any atom is 0.317 e. The monoisotopic (exact) mass is 172 g/mol. The molecule has 0 aromatic heterocycles. The standard InChI is InChI=1S/C7H12N2OS/c10-7-8-2-3-9(7)6-1-4-11-5-6/h6H,1-5H2,(H,8,10). The Balaban J connectivity index is 1.97. The number of rotatable bonds is 1. The number of thioether (sulfide) groups is 1. The molecule has 62 valence electrons. The van der Waals surface area contributed by atoms with Crippen LogP contribution in [-0.2, 0) is 0 Å². The van der Waals surface area contributed by atoms with E-state index in [4.69, 9.17) is 0 Å². The van der Waals surface area contributed by atoms with Crippen LogP contribution in [0.25, 0.3) is 0 Å². The summed E-state index contributed by atoms with van der Waals surface area (Å²) in [6.07, 6.45) is 1.18. The van der Waals surface area contributed by atoms with Crippen molar-refractivity contribution in [1.82, 2.24) is 10.2 Å². The van der Waals surface area contributed by atoms with Crippen molar-refractivity contribution in [2.45, 2.75) is 12.5 Å². The second-order valence-corrected chi connectivity index (χ2v) is 4.09. The number of hydrogen-bond donors (Lipinski definition) is 1. The molecule has 0 aromatic rings. The minimum absolute atomic E-state index is 0.137. The molecular formula is C7H12N2OS. The average Bonchev–Trinajstić information content (AvgIpc) is 2.55. The van der Waals surface area contributed by atoms with Crippen LogP contribution in [0, 0.1) is 0 Å². The number of nitrogens with zero attached hydrogens (tertiary/aromatic N) is 1. The first-order valence-electron chi connectivity index (χ1n) is 4.00. The molecule has 0 spiro atoms. The molecule has 0 aliphatic carbocycles. The minimum Gasteiger partial charge on any atom is -0.336 e. The van der Waals surface area contributed by atoms with Crippen LogP contribution in [0.5, 0.6) is 0 Å². The summed E-state index contributed by atoms with van der Waals surface area (Å²) in [5, 5.41) is 2.82. The average molecular weight is 172 g/mol. The van der Waals surface area contributed by atoms with E-state index in [2.05, 4.69) is 5.32 Å². The zero-order valence-electron chi connectivity index (χ0n) is 6.38. The van der Waals surface area contributed by atoms with Gasteiger partial charge in [0.15, 0.2) is 0 Å². The summed E-state index contributed by atoms with van der Waals surface area (Å²) in [7, 11) is 0. The van der Waals surface area contributed by atoms with Gasteiger partial charge in [0.25, 0.3) is 0 Å². The lowest BCUT2D eigenvalue weighted by molar-refractivity contribution is 0.203. The summed E-state index contributed by atoms with van der Waals surface area (Å²) in [6.45, 7) is 1.74. The summed E-state index contributed by atoms with van der Waals surface area (Å²) in [5.41, 5.74) is 0. The van der Waals surface area contributed by atoms with E-state index < -0.39 is 0 Å². The van der Waals surface area contributed by atoms with Gasteiger partial charge in [-0.1, -0.05) is 0 Å². The molecule has 11 heavy (non-hydrogen) atoms. The summed E-state index contributed by atoms with van der Waals surface area (Å²) in [6, 6.07) is 0.653. The molecular weight excluding hydrogens is 160 g/mol. The highest BCUT2D eigenvalue weighted by Crippen LogP contribution is 2.22. The van der Waals surface area contributed by atoms with Crippen LogP contribution in [0.2, 0.25) is 0 Å². The second-order valence-electron chi connectivity index (χ2n) is 2.94. The van der Waals surface area contributed by atoms with Gasteiger partial charge in [0.2, 0.25) is 0 Å². The molecule has 2 saturated heterocycles. The Morgan fingerprint density at radius 1 is 1.64 bits per heavy atom. The number of amides is 2. The third-order valence-electron chi connectivity index (χ3n) is 2.24. The summed E-state index contributed by atoms with van der Waals surface area (Å²) in [5.74, 6) is 2.35. The van der Waals surface area contributed by atoms with E-state index in [1.165, 1.54) is 12.2 Å². The fourth-order valence-corrected chi connectivity index (χ4v) is 2.83. The van der Waals surface area contributed by atoms with E-state index in [1.807, 2.05) is 16.7 Å². The van der Waals surface area contributed by atoms with Crippen molar-refractivity contribution in [3.63, 3.8) is 0 Å². The van der Waals surface area contributed by atoms with Crippen LogP contribution in [-0.4, -0.2) is 41.6 Å². The first kappa shape index (κ1) is 7.28. The fraction of sp³-hybridized carbons (Fsp3) is 0.857. The molecule has 0 radical (unpaired) electrons. The van der Waals surface area contributed by atoms with Gasteiger partial charge in [-0.15, -0.1) is 0 Å². The number of carbonyl (C=O) groups excluding carboxylic acids is 1. The predicted octanol–water partition coefficient (Wildman–Crippen LogP) is 0.517. The van der Waals surface area contributed by atoms with E-state index in [9.17, 15) is 4.79 Å². The van der Waals surface area contributed by atoms with Gasteiger partial charge in [-0.2, -0.15) is 11.8 Å². The van der Waals surface area contributed by atoms with Crippen molar-refractivity contribution in [3.8, 4) is 0 Å². The molecule has 0 aromatic carbocycles. The fourth-order valence-electron chi connectivity index (χ4n) is 1.60. The molecule has 2 heterocycles. The number of carbonyl (C=O) groups is 1. The van der Waals surface area contributed by atoms with Gasteiger partial charge >= 0.3 is 6.03 Å². The second kappa shape index (κ2) is 2.93. The van der Waals surface area contributed by atoms with Crippen molar-refractivity contribution in [1.29, 1.82) is 0 Å². The third kappa shape index (κ3) is 1.31. The first-order chi connectivity index (χ1) is 5.38. The first-order valence-corrected chi connectivity index (χ1v) is 5.15. The van der Waals surface area contributed by atoms with Crippen molar-refractivity contribution < 1.29 is 4.79 Å². The van der Waals surface area contributed by atoms with E-state index in [1.54, 1.807) is 0 Å². The molecule has 2 amide bonds. The molecule has 2 rings (SSSR count). The van der Waals surface area contributed by atoms with Crippen molar-refractivity contribution in [2.24, 2.45) is 0 Å². The SMILES string of the molecule is O=C1NCCN1C1CCSC1. The highest BCUT2D eigenvalue weighted by molar-refractivity contribution is 7.99. The lowest BCUT2D eigenvalue weighted by Gasteiger charge is -2.20. The Hall–Kier alpha value is -0.380. The molecule has 3 nitrogen and oxygen atoms in total. The van der Waals surface area contributed by atoms with E-state index in [-0.39, 0.29) is 6.03 Å². The Morgan fingerprint density at radius 3 is 3.09 bits per heavy atom. The smallest absolute Gasteiger partial charge is 0.317 e. The molecule has 4 heteroatoms. The maximum absolute atomic E-state index is 11.2. The summed E-state index contributed by atoms with van der Waals surface area (Å²) < 4.78 is 0.